The Kier molecular flexibility index (Phi) is 1.46. The van der Waals surface area contributed by atoms with Gasteiger partial charge in [-0.15, -0.1) is 11.6 Å². The lowest BCUT2D eigenvalue weighted by atomic mass is 10.4. The van der Waals surface area contributed by atoms with Crippen molar-refractivity contribution in [1.82, 2.24) is 16.3 Å². The predicted octanol–water partition coefficient (Wildman–Crippen LogP) is -1.55. The van der Waals surface area contributed by atoms with E-state index in [0.717, 1.165) is 0 Å². The van der Waals surface area contributed by atoms with Gasteiger partial charge < -0.3 is 0 Å². The van der Waals surface area contributed by atoms with Crippen LogP contribution in [0.15, 0.2) is 0 Å². The van der Waals surface area contributed by atoms with Crippen LogP contribution in [0.25, 0.3) is 0 Å². The number of halogens is 1. The molecule has 0 spiro atoms. The number of hydrogen-bond acceptors (Lipinski definition) is 4. The second-order valence-electron chi connectivity index (χ2n) is 1.33. The molecule has 1 aliphatic heterocycles. The molecule has 1 unspecified atom stereocenters. The minimum atomic E-state index is -0.0787. The molecular weight excluding hydrogens is 116 g/mol. The topological polar surface area (TPSA) is 62.1 Å². The van der Waals surface area contributed by atoms with Gasteiger partial charge in [-0.25, -0.2) is 16.3 Å². The van der Waals surface area contributed by atoms with Crippen LogP contribution in [-0.2, 0) is 0 Å². The Bertz CT molecular complexity index is 64.7. The summed E-state index contributed by atoms with van der Waals surface area (Å²) in [6.45, 7) is 0. The quantitative estimate of drug-likeness (QED) is 0.147. The zero-order valence-corrected chi connectivity index (χ0v) is 4.37. The van der Waals surface area contributed by atoms with Crippen LogP contribution in [-0.4, -0.2) is 11.7 Å². The van der Waals surface area contributed by atoms with E-state index in [1.165, 1.54) is 0 Å². The third-order valence-corrected chi connectivity index (χ3v) is 1.21. The molecule has 5 heteroatoms. The Morgan fingerprint density at radius 3 is 2.29 bits per heavy atom. The first-order chi connectivity index (χ1) is 3.34. The molecule has 1 heterocycles. The highest BCUT2D eigenvalue weighted by Crippen LogP contribution is 1.99. The van der Waals surface area contributed by atoms with Gasteiger partial charge in [0.15, 0.2) is 0 Å². The van der Waals surface area contributed by atoms with Gasteiger partial charge in [-0.05, 0) is 0 Å². The Labute approximate surface area is 46.3 Å². The third kappa shape index (κ3) is 0.844. The third-order valence-electron chi connectivity index (χ3n) is 0.849. The number of alkyl halides is 1. The summed E-state index contributed by atoms with van der Waals surface area (Å²) >= 11 is 5.50. The summed E-state index contributed by atoms with van der Waals surface area (Å²) in [6, 6.07) is 0. The van der Waals surface area contributed by atoms with Gasteiger partial charge in [-0.2, -0.15) is 0 Å². The van der Waals surface area contributed by atoms with Crippen LogP contribution in [0, 0.1) is 0 Å². The first-order valence-electron chi connectivity index (χ1n) is 1.96. The van der Waals surface area contributed by atoms with Crippen LogP contribution in [0.5, 0.6) is 0 Å². The van der Waals surface area contributed by atoms with E-state index in [0.29, 0.717) is 0 Å². The minimum absolute atomic E-state index is 0.0154. The molecule has 0 saturated carbocycles. The molecule has 1 aliphatic rings. The van der Waals surface area contributed by atoms with Crippen LogP contribution < -0.4 is 22.1 Å². The monoisotopic (exact) mass is 122 g/mol. The van der Waals surface area contributed by atoms with Gasteiger partial charge >= 0.3 is 0 Å². The molecule has 1 rings (SSSR count). The SMILES string of the molecule is NNC1NN[C@H]1Cl. The summed E-state index contributed by atoms with van der Waals surface area (Å²) in [4.78, 5) is 0. The van der Waals surface area contributed by atoms with Crippen LogP contribution >= 0.6 is 11.6 Å². The van der Waals surface area contributed by atoms with Gasteiger partial charge in [0.1, 0.15) is 11.7 Å². The molecule has 0 amide bonds. The summed E-state index contributed by atoms with van der Waals surface area (Å²) in [5.41, 5.74) is 7.78. The van der Waals surface area contributed by atoms with Crippen LogP contribution in [0.4, 0.5) is 0 Å². The second kappa shape index (κ2) is 1.94. The van der Waals surface area contributed by atoms with Crippen molar-refractivity contribution in [2.24, 2.45) is 5.84 Å². The zero-order chi connectivity index (χ0) is 5.28. The molecule has 0 aromatic rings. The van der Waals surface area contributed by atoms with Gasteiger partial charge in [0.05, 0.1) is 0 Å². The summed E-state index contributed by atoms with van der Waals surface area (Å²) in [7, 11) is 0. The fourth-order valence-electron chi connectivity index (χ4n) is 0.356. The van der Waals surface area contributed by atoms with Crippen molar-refractivity contribution in [3.05, 3.63) is 0 Å². The first-order valence-corrected chi connectivity index (χ1v) is 2.39. The average Bonchev–Trinajstić information content (AvgIpc) is 1.65. The Morgan fingerprint density at radius 1 is 1.57 bits per heavy atom. The highest BCUT2D eigenvalue weighted by molar-refractivity contribution is 6.21. The molecule has 0 aromatic carbocycles. The second-order valence-corrected chi connectivity index (χ2v) is 1.80. The normalized spacial score (nSPS) is 40.3. The molecule has 1 fully saturated rings. The first kappa shape index (κ1) is 5.27. The molecule has 0 aromatic heterocycles. The number of nitrogens with one attached hydrogen (secondary N) is 3. The van der Waals surface area contributed by atoms with E-state index >= 15 is 0 Å². The maximum atomic E-state index is 5.50. The summed E-state index contributed by atoms with van der Waals surface area (Å²) < 4.78 is 0. The number of hydrogen-bond donors (Lipinski definition) is 4. The minimum Gasteiger partial charge on any atom is -0.270 e. The fourth-order valence-corrected chi connectivity index (χ4v) is 0.555. The van der Waals surface area contributed by atoms with Crippen LogP contribution in [0.3, 0.4) is 0 Å². The van der Waals surface area contributed by atoms with Crippen LogP contribution in [0.2, 0.25) is 0 Å². The molecule has 4 nitrogen and oxygen atoms in total. The van der Waals surface area contributed by atoms with Crippen molar-refractivity contribution in [2.75, 3.05) is 0 Å². The number of hydrazine groups is 2. The number of nitrogens with two attached hydrogens (primary N) is 1. The Hall–Kier alpha value is 0.130. The van der Waals surface area contributed by atoms with Crippen LogP contribution in [0.1, 0.15) is 0 Å². The molecule has 5 N–H and O–H groups in total. The van der Waals surface area contributed by atoms with Crippen molar-refractivity contribution >= 4 is 11.6 Å². The maximum absolute atomic E-state index is 5.50. The Morgan fingerprint density at radius 2 is 2.29 bits per heavy atom. The van der Waals surface area contributed by atoms with Crippen molar-refractivity contribution < 1.29 is 0 Å². The zero-order valence-electron chi connectivity index (χ0n) is 3.61. The van der Waals surface area contributed by atoms with Gasteiger partial charge in [-0.1, -0.05) is 0 Å². The van der Waals surface area contributed by atoms with E-state index < -0.39 is 0 Å². The van der Waals surface area contributed by atoms with E-state index in [1.807, 2.05) is 0 Å². The van der Waals surface area contributed by atoms with E-state index in [9.17, 15) is 0 Å². The van der Waals surface area contributed by atoms with Gasteiger partial charge in [0.25, 0.3) is 0 Å². The Balaban J connectivity index is 2.16. The lowest BCUT2D eigenvalue weighted by Crippen LogP contribution is -2.71. The molecule has 0 radical (unpaired) electrons. The lowest BCUT2D eigenvalue weighted by Gasteiger charge is -2.33. The summed E-state index contributed by atoms with van der Waals surface area (Å²) in [5.74, 6) is 4.99. The molecular formula is C2H7ClN4. The molecule has 42 valence electrons. The maximum Gasteiger partial charge on any atom is 0.126 e. The molecule has 7 heavy (non-hydrogen) atoms. The highest BCUT2D eigenvalue weighted by Gasteiger charge is 2.25. The molecule has 2 atom stereocenters. The van der Waals surface area contributed by atoms with Gasteiger partial charge in [-0.3, -0.25) is 5.84 Å². The standard InChI is InChI=1S/C2H7ClN4/c3-1-2(5-4)7-6-1/h1-2,5-7H,4H2/t1-,2?/m1/s1. The van der Waals surface area contributed by atoms with Crippen molar-refractivity contribution in [1.29, 1.82) is 0 Å². The van der Waals surface area contributed by atoms with Crippen molar-refractivity contribution in [2.45, 2.75) is 11.7 Å². The van der Waals surface area contributed by atoms with Gasteiger partial charge in [0, 0.05) is 0 Å². The molecule has 1 saturated heterocycles. The van der Waals surface area contributed by atoms with E-state index in [-0.39, 0.29) is 11.7 Å². The van der Waals surface area contributed by atoms with E-state index in [1.54, 1.807) is 0 Å². The fraction of sp³-hybridized carbons (Fsp3) is 1.00. The summed E-state index contributed by atoms with van der Waals surface area (Å²) in [5, 5.41) is 0. The average molecular weight is 123 g/mol. The van der Waals surface area contributed by atoms with Gasteiger partial charge in [0.2, 0.25) is 0 Å². The van der Waals surface area contributed by atoms with Crippen molar-refractivity contribution in [3.8, 4) is 0 Å². The molecule has 0 aliphatic carbocycles. The smallest absolute Gasteiger partial charge is 0.126 e. The number of rotatable bonds is 1. The highest BCUT2D eigenvalue weighted by atomic mass is 35.5. The molecule has 0 bridgehead atoms. The van der Waals surface area contributed by atoms with E-state index in [4.69, 9.17) is 17.4 Å². The van der Waals surface area contributed by atoms with E-state index in [2.05, 4.69) is 16.3 Å². The predicted molar refractivity (Wildman–Crippen MR) is 27.0 cm³/mol. The summed E-state index contributed by atoms with van der Waals surface area (Å²) in [6.07, 6.45) is 0.0154. The van der Waals surface area contributed by atoms with Crippen molar-refractivity contribution in [3.63, 3.8) is 0 Å². The lowest BCUT2D eigenvalue weighted by molar-refractivity contribution is 0.224. The largest absolute Gasteiger partial charge is 0.270 e.